The number of rotatable bonds is 23. The quantitative estimate of drug-likeness (QED) is 0.175. The van der Waals surface area contributed by atoms with Gasteiger partial charge in [0, 0.05) is 0 Å². The van der Waals surface area contributed by atoms with E-state index in [2.05, 4.69) is 13.8 Å². The molecule has 1 heteroatoms. The molecule has 0 aliphatic carbocycles. The molecule has 0 amide bonds. The summed E-state index contributed by atoms with van der Waals surface area (Å²) >= 11 is 0. The number of nitrogens with two attached hydrogens (primary N) is 1. The molecule has 0 aromatic carbocycles. The first kappa shape index (κ1) is 27.0. The Morgan fingerprint density at radius 2 is 0.667 bits per heavy atom. The first-order valence-electron chi connectivity index (χ1n) is 13.0. The molecule has 1 unspecified atom stereocenters. The average molecular weight is 382 g/mol. The van der Waals surface area contributed by atoms with Gasteiger partial charge in [0.2, 0.25) is 0 Å². The smallest absolute Gasteiger partial charge is 0.00489 e. The molecule has 0 saturated carbocycles. The lowest BCUT2D eigenvalue weighted by atomic mass is 9.94. The molecule has 27 heavy (non-hydrogen) atoms. The molecule has 0 heterocycles. The van der Waals surface area contributed by atoms with Gasteiger partial charge in [-0.25, -0.2) is 0 Å². The van der Waals surface area contributed by atoms with Gasteiger partial charge in [0.25, 0.3) is 0 Å². The summed E-state index contributed by atoms with van der Waals surface area (Å²) in [5, 5.41) is 0. The van der Waals surface area contributed by atoms with E-state index in [0.29, 0.717) is 0 Å². The minimum absolute atomic E-state index is 0.799. The molecule has 0 radical (unpaired) electrons. The fourth-order valence-electron chi connectivity index (χ4n) is 4.22. The molecule has 0 aliphatic rings. The van der Waals surface area contributed by atoms with Crippen molar-refractivity contribution in [1.82, 2.24) is 0 Å². The third kappa shape index (κ3) is 22.1. The predicted octanol–water partition coefficient (Wildman–Crippen LogP) is 9.18. The van der Waals surface area contributed by atoms with E-state index >= 15 is 0 Å². The maximum atomic E-state index is 6.01. The van der Waals surface area contributed by atoms with E-state index in [1.165, 1.54) is 141 Å². The SMILES string of the molecule is CCCCCCCCCCCCCC(CN)CCCCCCCCCCC. The molecule has 164 valence electrons. The van der Waals surface area contributed by atoms with Crippen LogP contribution in [0.25, 0.3) is 0 Å². The molecule has 0 fully saturated rings. The zero-order valence-corrected chi connectivity index (χ0v) is 19.4. The molecule has 0 aliphatic heterocycles. The van der Waals surface area contributed by atoms with Crippen LogP contribution in [0.15, 0.2) is 0 Å². The summed E-state index contributed by atoms with van der Waals surface area (Å²) in [6, 6.07) is 0. The molecule has 0 saturated heterocycles. The highest BCUT2D eigenvalue weighted by molar-refractivity contribution is 4.61. The molecule has 0 rings (SSSR count). The summed E-state index contributed by atoms with van der Waals surface area (Å²) in [6.45, 7) is 5.50. The molecule has 1 nitrogen and oxygen atoms in total. The summed E-state index contributed by atoms with van der Waals surface area (Å²) in [6.07, 6.45) is 31.5. The van der Waals surface area contributed by atoms with Gasteiger partial charge in [0.05, 0.1) is 0 Å². The first-order valence-corrected chi connectivity index (χ1v) is 13.0. The van der Waals surface area contributed by atoms with Crippen molar-refractivity contribution < 1.29 is 0 Å². The van der Waals surface area contributed by atoms with Crippen molar-refractivity contribution in [3.8, 4) is 0 Å². The molecule has 2 N–H and O–H groups in total. The fourth-order valence-corrected chi connectivity index (χ4v) is 4.22. The summed E-state index contributed by atoms with van der Waals surface area (Å²) < 4.78 is 0. The second-order valence-electron chi connectivity index (χ2n) is 9.04. The minimum atomic E-state index is 0.799. The zero-order valence-electron chi connectivity index (χ0n) is 19.4. The molecule has 0 aromatic heterocycles. The Morgan fingerprint density at radius 3 is 0.926 bits per heavy atom. The summed E-state index contributed by atoms with van der Waals surface area (Å²) in [4.78, 5) is 0. The van der Waals surface area contributed by atoms with Gasteiger partial charge >= 0.3 is 0 Å². The Labute approximate surface area is 173 Å². The third-order valence-electron chi connectivity index (χ3n) is 6.27. The van der Waals surface area contributed by atoms with Gasteiger partial charge in [0.15, 0.2) is 0 Å². The van der Waals surface area contributed by atoms with Crippen molar-refractivity contribution in [2.45, 2.75) is 155 Å². The fraction of sp³-hybridized carbons (Fsp3) is 1.00. The van der Waals surface area contributed by atoms with Crippen molar-refractivity contribution >= 4 is 0 Å². The summed E-state index contributed by atoms with van der Waals surface area (Å²) in [7, 11) is 0. The van der Waals surface area contributed by atoms with Crippen molar-refractivity contribution in [2.75, 3.05) is 6.54 Å². The highest BCUT2D eigenvalue weighted by atomic mass is 14.5. The normalized spacial score (nSPS) is 12.6. The minimum Gasteiger partial charge on any atom is -0.330 e. The van der Waals surface area contributed by atoms with E-state index < -0.39 is 0 Å². The maximum absolute atomic E-state index is 6.01. The lowest BCUT2D eigenvalue weighted by molar-refractivity contribution is 0.409. The van der Waals surface area contributed by atoms with Crippen molar-refractivity contribution in [1.29, 1.82) is 0 Å². The van der Waals surface area contributed by atoms with Crippen LogP contribution in [-0.2, 0) is 0 Å². The molecule has 0 bridgehead atoms. The Bertz CT molecular complexity index is 251. The predicted molar refractivity (Wildman–Crippen MR) is 125 cm³/mol. The molecule has 0 aromatic rings. The molecular formula is C26H55N. The van der Waals surface area contributed by atoms with Crippen LogP contribution in [0.4, 0.5) is 0 Å². The van der Waals surface area contributed by atoms with Crippen LogP contribution in [0.5, 0.6) is 0 Å². The van der Waals surface area contributed by atoms with Crippen LogP contribution in [0, 0.1) is 5.92 Å². The van der Waals surface area contributed by atoms with Gasteiger partial charge in [-0.05, 0) is 25.3 Å². The van der Waals surface area contributed by atoms with Crippen LogP contribution in [0.3, 0.4) is 0 Å². The van der Waals surface area contributed by atoms with Gasteiger partial charge in [-0.2, -0.15) is 0 Å². The Kier molecular flexibility index (Phi) is 24.0. The number of hydrogen-bond donors (Lipinski definition) is 1. The van der Waals surface area contributed by atoms with Crippen molar-refractivity contribution in [3.63, 3.8) is 0 Å². The van der Waals surface area contributed by atoms with Crippen molar-refractivity contribution in [3.05, 3.63) is 0 Å². The lowest BCUT2D eigenvalue weighted by Crippen LogP contribution is -2.14. The number of unbranched alkanes of at least 4 members (excludes halogenated alkanes) is 18. The van der Waals surface area contributed by atoms with Gasteiger partial charge in [0.1, 0.15) is 0 Å². The average Bonchev–Trinajstić information content (AvgIpc) is 2.69. The monoisotopic (exact) mass is 381 g/mol. The van der Waals surface area contributed by atoms with Crippen LogP contribution >= 0.6 is 0 Å². The highest BCUT2D eigenvalue weighted by Crippen LogP contribution is 2.19. The number of hydrogen-bond acceptors (Lipinski definition) is 1. The Hall–Kier alpha value is -0.0400. The van der Waals surface area contributed by atoms with E-state index in [-0.39, 0.29) is 0 Å². The zero-order chi connectivity index (χ0) is 19.8. The topological polar surface area (TPSA) is 26.0 Å². The van der Waals surface area contributed by atoms with Crippen LogP contribution in [0.1, 0.15) is 155 Å². The largest absolute Gasteiger partial charge is 0.330 e. The second-order valence-corrected chi connectivity index (χ2v) is 9.04. The summed E-state index contributed by atoms with van der Waals surface area (Å²) in [5.74, 6) is 0.799. The van der Waals surface area contributed by atoms with E-state index in [1.807, 2.05) is 0 Å². The van der Waals surface area contributed by atoms with Gasteiger partial charge in [-0.1, -0.05) is 142 Å². The van der Waals surface area contributed by atoms with E-state index in [1.54, 1.807) is 0 Å². The van der Waals surface area contributed by atoms with Crippen LogP contribution < -0.4 is 5.73 Å². The van der Waals surface area contributed by atoms with Gasteiger partial charge in [-0.15, -0.1) is 0 Å². The molecular weight excluding hydrogens is 326 g/mol. The Morgan fingerprint density at radius 1 is 0.407 bits per heavy atom. The molecule has 0 spiro atoms. The van der Waals surface area contributed by atoms with Gasteiger partial charge in [-0.3, -0.25) is 0 Å². The maximum Gasteiger partial charge on any atom is -0.00489 e. The second kappa shape index (κ2) is 24.0. The first-order chi connectivity index (χ1) is 13.3. The molecule has 1 atom stereocenters. The van der Waals surface area contributed by atoms with E-state index in [9.17, 15) is 0 Å². The lowest BCUT2D eigenvalue weighted by Gasteiger charge is -2.14. The standard InChI is InChI=1S/C26H55N/c1-3-5-7-9-11-13-14-16-18-20-22-24-26(25-27)23-21-19-17-15-12-10-8-6-4-2/h26H,3-25,27H2,1-2H3. The third-order valence-corrected chi connectivity index (χ3v) is 6.27. The van der Waals surface area contributed by atoms with E-state index in [4.69, 9.17) is 5.73 Å². The van der Waals surface area contributed by atoms with E-state index in [0.717, 1.165) is 12.5 Å². The van der Waals surface area contributed by atoms with Crippen LogP contribution in [-0.4, -0.2) is 6.54 Å². The summed E-state index contributed by atoms with van der Waals surface area (Å²) in [5.41, 5.74) is 6.01. The van der Waals surface area contributed by atoms with Gasteiger partial charge < -0.3 is 5.73 Å². The Balaban J connectivity index is 3.27. The highest BCUT2D eigenvalue weighted by Gasteiger charge is 2.06. The van der Waals surface area contributed by atoms with Crippen molar-refractivity contribution in [2.24, 2.45) is 11.7 Å². The van der Waals surface area contributed by atoms with Crippen LogP contribution in [0.2, 0.25) is 0 Å².